The molecule has 150 valence electrons. The monoisotopic (exact) mass is 503 g/mol. The first-order valence-electron chi connectivity index (χ1n) is 9.39. The first-order chi connectivity index (χ1) is 12.8. The molecule has 1 atom stereocenters. The molecule has 1 unspecified atom stereocenters. The van der Waals surface area contributed by atoms with Crippen LogP contribution in [0.15, 0.2) is 33.2 Å². The summed E-state index contributed by atoms with van der Waals surface area (Å²) in [4.78, 5) is 11.3. The molecule has 0 radical (unpaired) electrons. The van der Waals surface area contributed by atoms with Gasteiger partial charge in [-0.05, 0) is 51.4 Å². The molecule has 0 spiro atoms. The first kappa shape index (κ1) is 22.2. The molecular weight excluding hydrogens is 473 g/mol. The molecule has 3 heterocycles. The normalized spacial score (nSPS) is 16.1. The van der Waals surface area contributed by atoms with Crippen molar-refractivity contribution in [2.24, 2.45) is 4.99 Å². The van der Waals surface area contributed by atoms with Gasteiger partial charge in [-0.2, -0.15) is 0 Å². The molecule has 0 saturated carbocycles. The van der Waals surface area contributed by atoms with Crippen molar-refractivity contribution in [2.75, 3.05) is 33.2 Å². The average molecular weight is 503 g/mol. The molecule has 6 nitrogen and oxygen atoms in total. The molecule has 2 aromatic rings. The van der Waals surface area contributed by atoms with Gasteiger partial charge in [0.05, 0.1) is 17.3 Å². The Hall–Kier alpha value is -1.13. The second-order valence-electron chi connectivity index (χ2n) is 6.64. The highest BCUT2D eigenvalue weighted by Gasteiger charge is 2.25. The third-order valence-corrected chi connectivity index (χ3v) is 5.69. The van der Waals surface area contributed by atoms with Crippen LogP contribution in [-0.4, -0.2) is 49.1 Å². The van der Waals surface area contributed by atoms with Crippen molar-refractivity contribution >= 4 is 41.3 Å². The summed E-state index contributed by atoms with van der Waals surface area (Å²) in [6, 6.07) is 4.28. The summed E-state index contributed by atoms with van der Waals surface area (Å²) < 4.78 is 5.68. The fourth-order valence-electron chi connectivity index (χ4n) is 3.32. The Morgan fingerprint density at radius 3 is 2.81 bits per heavy atom. The van der Waals surface area contributed by atoms with Gasteiger partial charge in [0.1, 0.15) is 5.76 Å². The van der Waals surface area contributed by atoms with Crippen molar-refractivity contribution in [3.8, 4) is 0 Å². The second-order valence-corrected chi connectivity index (χ2v) is 7.58. The zero-order valence-corrected chi connectivity index (χ0v) is 19.3. The van der Waals surface area contributed by atoms with Crippen LogP contribution in [0.3, 0.4) is 0 Å². The minimum absolute atomic E-state index is 0. The summed E-state index contributed by atoms with van der Waals surface area (Å²) >= 11 is 1.74. The lowest BCUT2D eigenvalue weighted by Gasteiger charge is -2.26. The van der Waals surface area contributed by atoms with E-state index in [-0.39, 0.29) is 30.0 Å². The van der Waals surface area contributed by atoms with Crippen LogP contribution >= 0.6 is 35.3 Å². The van der Waals surface area contributed by atoms with E-state index in [2.05, 4.69) is 37.0 Å². The predicted molar refractivity (Wildman–Crippen MR) is 122 cm³/mol. The highest BCUT2D eigenvalue weighted by Crippen LogP contribution is 2.24. The average Bonchev–Trinajstić information content (AvgIpc) is 3.40. The highest BCUT2D eigenvalue weighted by molar-refractivity contribution is 14.0. The van der Waals surface area contributed by atoms with E-state index in [0.717, 1.165) is 56.4 Å². The zero-order chi connectivity index (χ0) is 18.2. The van der Waals surface area contributed by atoms with Crippen LogP contribution in [-0.2, 0) is 6.42 Å². The number of nitrogens with zero attached hydrogens (tertiary/aromatic N) is 3. The van der Waals surface area contributed by atoms with Crippen molar-refractivity contribution in [2.45, 2.75) is 38.6 Å². The quantitative estimate of drug-likeness (QED) is 0.250. The Morgan fingerprint density at radius 2 is 2.19 bits per heavy atom. The molecule has 1 saturated heterocycles. The number of hydrogen-bond donors (Lipinski definition) is 2. The van der Waals surface area contributed by atoms with Crippen molar-refractivity contribution in [1.29, 1.82) is 0 Å². The van der Waals surface area contributed by atoms with Crippen LogP contribution in [0.1, 0.15) is 41.8 Å². The SMILES string of the molecule is CN=C(NCCCc1nc(C)cs1)NCC(c1ccco1)N1CCCC1.I. The Bertz CT molecular complexity index is 682. The highest BCUT2D eigenvalue weighted by atomic mass is 127. The maximum absolute atomic E-state index is 5.68. The number of likely N-dealkylation sites (tertiary alicyclic amines) is 1. The maximum atomic E-state index is 5.68. The van der Waals surface area contributed by atoms with E-state index in [1.807, 2.05) is 20.0 Å². The molecule has 0 aromatic carbocycles. The molecule has 0 bridgehead atoms. The van der Waals surface area contributed by atoms with Gasteiger partial charge in [-0.1, -0.05) is 0 Å². The Morgan fingerprint density at radius 1 is 1.37 bits per heavy atom. The summed E-state index contributed by atoms with van der Waals surface area (Å²) in [7, 11) is 1.82. The molecule has 0 amide bonds. The van der Waals surface area contributed by atoms with E-state index in [1.165, 1.54) is 17.8 Å². The summed E-state index contributed by atoms with van der Waals surface area (Å²) in [6.45, 7) is 5.98. The van der Waals surface area contributed by atoms with Crippen LogP contribution in [0.5, 0.6) is 0 Å². The van der Waals surface area contributed by atoms with Gasteiger partial charge in [0.25, 0.3) is 0 Å². The number of nitrogens with one attached hydrogen (secondary N) is 2. The van der Waals surface area contributed by atoms with Gasteiger partial charge >= 0.3 is 0 Å². The molecule has 2 N–H and O–H groups in total. The molecular formula is C19H30IN5OS. The van der Waals surface area contributed by atoms with Gasteiger partial charge in [0.15, 0.2) is 5.96 Å². The molecule has 27 heavy (non-hydrogen) atoms. The van der Waals surface area contributed by atoms with E-state index in [4.69, 9.17) is 4.42 Å². The zero-order valence-electron chi connectivity index (χ0n) is 16.1. The van der Waals surface area contributed by atoms with Crippen molar-refractivity contribution in [3.05, 3.63) is 40.2 Å². The molecule has 1 aliphatic heterocycles. The number of hydrogen-bond acceptors (Lipinski definition) is 5. The summed E-state index contributed by atoms with van der Waals surface area (Å²) in [5.74, 6) is 1.87. The van der Waals surface area contributed by atoms with Crippen LogP contribution in [0.25, 0.3) is 0 Å². The molecule has 2 aromatic heterocycles. The minimum Gasteiger partial charge on any atom is -0.468 e. The number of aliphatic imine (C=N–C) groups is 1. The first-order valence-corrected chi connectivity index (χ1v) is 10.3. The van der Waals surface area contributed by atoms with Crippen LogP contribution < -0.4 is 10.6 Å². The molecule has 3 rings (SSSR count). The van der Waals surface area contributed by atoms with Gasteiger partial charge < -0.3 is 15.1 Å². The summed E-state index contributed by atoms with van der Waals surface area (Å²) in [5, 5.41) is 10.2. The topological polar surface area (TPSA) is 65.7 Å². The van der Waals surface area contributed by atoms with E-state index in [0.29, 0.717) is 0 Å². The lowest BCUT2D eigenvalue weighted by molar-refractivity contribution is 0.215. The summed E-state index contributed by atoms with van der Waals surface area (Å²) in [5.41, 5.74) is 1.11. The van der Waals surface area contributed by atoms with Crippen molar-refractivity contribution in [3.63, 3.8) is 0 Å². The Balaban J connectivity index is 0.00000261. The number of aromatic nitrogens is 1. The molecule has 1 aliphatic rings. The number of halogens is 1. The van der Waals surface area contributed by atoms with Crippen LogP contribution in [0, 0.1) is 6.92 Å². The van der Waals surface area contributed by atoms with Crippen LogP contribution in [0.2, 0.25) is 0 Å². The van der Waals surface area contributed by atoms with Gasteiger partial charge in [0, 0.05) is 37.6 Å². The van der Waals surface area contributed by atoms with Crippen molar-refractivity contribution in [1.82, 2.24) is 20.5 Å². The number of guanidine groups is 1. The van der Waals surface area contributed by atoms with E-state index >= 15 is 0 Å². The predicted octanol–water partition coefficient (Wildman–Crippen LogP) is 3.60. The largest absolute Gasteiger partial charge is 0.468 e. The molecule has 1 fully saturated rings. The summed E-state index contributed by atoms with van der Waals surface area (Å²) in [6.07, 6.45) is 6.33. The third kappa shape index (κ3) is 6.76. The van der Waals surface area contributed by atoms with Crippen LogP contribution in [0.4, 0.5) is 0 Å². The fraction of sp³-hybridized carbons (Fsp3) is 0.579. The standard InChI is InChI=1S/C19H29N5OS.HI/c1-15-14-26-18(23-15)8-5-9-21-19(20-2)22-13-16(17-7-6-12-25-17)24-10-3-4-11-24;/h6-7,12,14,16H,3-5,8-11,13H2,1-2H3,(H2,20,21,22);1H. The van der Waals surface area contributed by atoms with E-state index in [1.54, 1.807) is 17.6 Å². The van der Waals surface area contributed by atoms with Gasteiger partial charge in [0.2, 0.25) is 0 Å². The number of thiazole rings is 1. The lowest BCUT2D eigenvalue weighted by Crippen LogP contribution is -2.42. The number of aryl methyl sites for hydroxylation is 2. The molecule has 8 heteroatoms. The Labute approximate surface area is 182 Å². The van der Waals surface area contributed by atoms with Crippen molar-refractivity contribution < 1.29 is 4.42 Å². The Kier molecular flexibility index (Phi) is 9.57. The van der Waals surface area contributed by atoms with Gasteiger partial charge in [-0.25, -0.2) is 4.98 Å². The minimum atomic E-state index is 0. The lowest BCUT2D eigenvalue weighted by atomic mass is 10.2. The second kappa shape index (κ2) is 11.7. The van der Waals surface area contributed by atoms with Gasteiger partial charge in [-0.15, -0.1) is 35.3 Å². The fourth-order valence-corrected chi connectivity index (χ4v) is 4.14. The van der Waals surface area contributed by atoms with Gasteiger partial charge in [-0.3, -0.25) is 9.89 Å². The maximum Gasteiger partial charge on any atom is 0.191 e. The number of rotatable bonds is 8. The smallest absolute Gasteiger partial charge is 0.191 e. The van der Waals surface area contributed by atoms with E-state index < -0.39 is 0 Å². The third-order valence-electron chi connectivity index (χ3n) is 4.67. The van der Waals surface area contributed by atoms with E-state index in [9.17, 15) is 0 Å². The molecule has 0 aliphatic carbocycles. The number of furan rings is 1.